The first-order chi connectivity index (χ1) is 12.5. The summed E-state index contributed by atoms with van der Waals surface area (Å²) in [5, 5.41) is 15.2. The molecule has 0 unspecified atom stereocenters. The smallest absolute Gasteiger partial charge is 0.251 e. The predicted molar refractivity (Wildman–Crippen MR) is 97.5 cm³/mol. The monoisotopic (exact) mass is 372 g/mol. The Morgan fingerprint density at radius 1 is 1.19 bits per heavy atom. The highest BCUT2D eigenvalue weighted by molar-refractivity contribution is 6.31. The van der Waals surface area contributed by atoms with Gasteiger partial charge in [0.1, 0.15) is 11.6 Å². The van der Waals surface area contributed by atoms with Crippen LogP contribution in [0.4, 0.5) is 10.2 Å². The van der Waals surface area contributed by atoms with Crippen molar-refractivity contribution in [1.82, 2.24) is 10.3 Å². The van der Waals surface area contributed by atoms with Gasteiger partial charge in [-0.2, -0.15) is 5.26 Å². The molecule has 1 aliphatic rings. The fraction of sp³-hybridized carbons (Fsp3) is 0.316. The van der Waals surface area contributed by atoms with Crippen molar-refractivity contribution in [2.75, 3.05) is 5.32 Å². The summed E-state index contributed by atoms with van der Waals surface area (Å²) in [6.07, 6.45) is 5.04. The lowest BCUT2D eigenvalue weighted by Gasteiger charge is -2.30. The van der Waals surface area contributed by atoms with E-state index in [0.29, 0.717) is 16.9 Å². The number of nitrogens with one attached hydrogen (secondary N) is 2. The molecule has 1 aromatic carbocycles. The van der Waals surface area contributed by atoms with E-state index in [9.17, 15) is 9.18 Å². The maximum Gasteiger partial charge on any atom is 0.251 e. The number of anilines is 1. The Morgan fingerprint density at radius 2 is 1.92 bits per heavy atom. The minimum atomic E-state index is -0.538. The van der Waals surface area contributed by atoms with E-state index in [1.54, 1.807) is 18.3 Å². The van der Waals surface area contributed by atoms with Crippen molar-refractivity contribution in [2.45, 2.75) is 37.8 Å². The summed E-state index contributed by atoms with van der Waals surface area (Å²) in [6.45, 7) is 0. The molecule has 1 aromatic heterocycles. The number of nitriles is 1. The Bertz CT molecular complexity index is 844. The lowest BCUT2D eigenvalue weighted by molar-refractivity contribution is 0.0926. The zero-order valence-corrected chi connectivity index (χ0v) is 14.8. The number of amides is 1. The van der Waals surface area contributed by atoms with Crippen molar-refractivity contribution in [2.24, 2.45) is 0 Å². The van der Waals surface area contributed by atoms with Crippen LogP contribution in [0.3, 0.4) is 0 Å². The minimum absolute atomic E-state index is 0.0577. The second kappa shape index (κ2) is 8.15. The van der Waals surface area contributed by atoms with Crippen molar-refractivity contribution >= 4 is 23.3 Å². The van der Waals surface area contributed by atoms with Crippen LogP contribution in [-0.2, 0) is 0 Å². The molecule has 0 aliphatic heterocycles. The zero-order chi connectivity index (χ0) is 18.5. The number of pyridine rings is 1. The van der Waals surface area contributed by atoms with E-state index >= 15 is 0 Å². The Hall–Kier alpha value is -2.65. The largest absolute Gasteiger partial charge is 0.367 e. The number of nitrogens with zero attached hydrogens (tertiary/aromatic N) is 2. The SMILES string of the molecule is N#Cc1ccnc(NC2CCC(NC(=O)c3ccc(F)c(Cl)c3)CC2)c1. The van der Waals surface area contributed by atoms with Crippen molar-refractivity contribution < 1.29 is 9.18 Å². The van der Waals surface area contributed by atoms with Crippen LogP contribution in [0.25, 0.3) is 0 Å². The van der Waals surface area contributed by atoms with Crippen molar-refractivity contribution in [3.05, 3.63) is 58.5 Å². The molecule has 1 fully saturated rings. The molecule has 3 rings (SSSR count). The number of hydrogen-bond donors (Lipinski definition) is 2. The first-order valence-electron chi connectivity index (χ1n) is 8.44. The first-order valence-corrected chi connectivity index (χ1v) is 8.81. The van der Waals surface area contributed by atoms with Gasteiger partial charge in [0, 0.05) is 23.8 Å². The Kier molecular flexibility index (Phi) is 5.69. The maximum absolute atomic E-state index is 13.2. The second-order valence-corrected chi connectivity index (χ2v) is 6.74. The van der Waals surface area contributed by atoms with Crippen LogP contribution in [0.5, 0.6) is 0 Å². The third-order valence-corrected chi connectivity index (χ3v) is 4.77. The molecule has 1 amide bonds. The van der Waals surface area contributed by atoms with E-state index in [2.05, 4.69) is 21.7 Å². The van der Waals surface area contributed by atoms with Gasteiger partial charge in [0.25, 0.3) is 5.91 Å². The van der Waals surface area contributed by atoms with Gasteiger partial charge in [-0.15, -0.1) is 0 Å². The third kappa shape index (κ3) is 4.50. The van der Waals surface area contributed by atoms with Crippen molar-refractivity contribution in [3.8, 4) is 6.07 Å². The van der Waals surface area contributed by atoms with Gasteiger partial charge in [0.2, 0.25) is 0 Å². The average molecular weight is 373 g/mol. The van der Waals surface area contributed by atoms with Crippen LogP contribution in [0.15, 0.2) is 36.5 Å². The molecular formula is C19H18ClFN4O. The highest BCUT2D eigenvalue weighted by Gasteiger charge is 2.23. The molecule has 5 nitrogen and oxygen atoms in total. The quantitative estimate of drug-likeness (QED) is 0.853. The number of rotatable bonds is 4. The Balaban J connectivity index is 1.51. The maximum atomic E-state index is 13.2. The summed E-state index contributed by atoms with van der Waals surface area (Å²) in [7, 11) is 0. The summed E-state index contributed by atoms with van der Waals surface area (Å²) in [5.41, 5.74) is 0.926. The van der Waals surface area contributed by atoms with Crippen LogP contribution >= 0.6 is 11.6 Å². The highest BCUT2D eigenvalue weighted by Crippen LogP contribution is 2.23. The third-order valence-electron chi connectivity index (χ3n) is 4.49. The van der Waals surface area contributed by atoms with Gasteiger partial charge in [0.15, 0.2) is 0 Å². The molecule has 1 heterocycles. The highest BCUT2D eigenvalue weighted by atomic mass is 35.5. The number of hydrogen-bond acceptors (Lipinski definition) is 4. The molecule has 1 aliphatic carbocycles. The number of carbonyl (C=O) groups is 1. The summed E-state index contributed by atoms with van der Waals surface area (Å²) in [5.74, 6) is -0.0898. The molecule has 0 spiro atoms. The van der Waals surface area contributed by atoms with E-state index in [-0.39, 0.29) is 23.0 Å². The molecule has 0 bridgehead atoms. The summed E-state index contributed by atoms with van der Waals surface area (Å²) in [6, 6.07) is 9.78. The van der Waals surface area contributed by atoms with Gasteiger partial charge >= 0.3 is 0 Å². The molecule has 7 heteroatoms. The predicted octanol–water partition coefficient (Wildman–Crippen LogP) is 3.90. The van der Waals surface area contributed by atoms with Crippen LogP contribution in [0.2, 0.25) is 5.02 Å². The molecule has 26 heavy (non-hydrogen) atoms. The Labute approximate surface area is 156 Å². The van der Waals surface area contributed by atoms with Gasteiger partial charge in [-0.3, -0.25) is 4.79 Å². The molecule has 0 atom stereocenters. The van der Waals surface area contributed by atoms with Crippen LogP contribution in [-0.4, -0.2) is 23.0 Å². The van der Waals surface area contributed by atoms with Gasteiger partial charge in [-0.1, -0.05) is 11.6 Å². The van der Waals surface area contributed by atoms with E-state index in [1.807, 2.05) is 0 Å². The summed E-state index contributed by atoms with van der Waals surface area (Å²) >= 11 is 5.73. The van der Waals surface area contributed by atoms with Gasteiger partial charge in [-0.25, -0.2) is 9.37 Å². The van der Waals surface area contributed by atoms with Crippen LogP contribution < -0.4 is 10.6 Å². The van der Waals surface area contributed by atoms with E-state index in [1.165, 1.54) is 18.2 Å². The fourth-order valence-electron chi connectivity index (χ4n) is 3.08. The normalized spacial score (nSPS) is 19.4. The van der Waals surface area contributed by atoms with Crippen molar-refractivity contribution in [1.29, 1.82) is 5.26 Å². The summed E-state index contributed by atoms with van der Waals surface area (Å²) < 4.78 is 13.2. The van der Waals surface area contributed by atoms with E-state index in [4.69, 9.17) is 16.9 Å². The standard InChI is InChI=1S/C19H18ClFN4O/c20-16-10-13(1-6-17(16)21)19(26)25-15-4-2-14(3-5-15)24-18-9-12(11-22)7-8-23-18/h1,6-10,14-15H,2-5H2,(H,23,24)(H,25,26). The molecular weight excluding hydrogens is 355 g/mol. The first kappa shape index (κ1) is 18.2. The molecule has 2 aromatic rings. The van der Waals surface area contributed by atoms with Crippen molar-refractivity contribution in [3.63, 3.8) is 0 Å². The lowest BCUT2D eigenvalue weighted by Crippen LogP contribution is -2.40. The minimum Gasteiger partial charge on any atom is -0.367 e. The van der Waals surface area contributed by atoms with Crippen LogP contribution in [0.1, 0.15) is 41.6 Å². The number of carbonyl (C=O) groups excluding carboxylic acids is 1. The van der Waals surface area contributed by atoms with E-state index in [0.717, 1.165) is 25.7 Å². The molecule has 0 saturated heterocycles. The van der Waals surface area contributed by atoms with Gasteiger partial charge in [-0.05, 0) is 56.0 Å². The average Bonchev–Trinajstić information content (AvgIpc) is 2.65. The van der Waals surface area contributed by atoms with E-state index < -0.39 is 5.82 Å². The fourth-order valence-corrected chi connectivity index (χ4v) is 3.26. The van der Waals surface area contributed by atoms with Crippen LogP contribution in [0, 0.1) is 17.1 Å². The summed E-state index contributed by atoms with van der Waals surface area (Å²) in [4.78, 5) is 16.5. The zero-order valence-electron chi connectivity index (χ0n) is 14.0. The topological polar surface area (TPSA) is 77.8 Å². The number of halogens is 2. The van der Waals surface area contributed by atoms with Gasteiger partial charge < -0.3 is 10.6 Å². The second-order valence-electron chi connectivity index (χ2n) is 6.34. The molecule has 1 saturated carbocycles. The lowest BCUT2D eigenvalue weighted by atomic mass is 9.91. The molecule has 0 radical (unpaired) electrons. The Morgan fingerprint density at radius 3 is 2.62 bits per heavy atom. The molecule has 134 valence electrons. The number of benzene rings is 1. The van der Waals surface area contributed by atoms with Gasteiger partial charge in [0.05, 0.1) is 16.7 Å². The number of aromatic nitrogens is 1. The molecule has 2 N–H and O–H groups in total.